The summed E-state index contributed by atoms with van der Waals surface area (Å²) in [6, 6.07) is 9.41. The third-order valence-corrected chi connectivity index (χ3v) is 3.75. The first kappa shape index (κ1) is 16.1. The summed E-state index contributed by atoms with van der Waals surface area (Å²) < 4.78 is 0. The average Bonchev–Trinajstić information content (AvgIpc) is 2.47. The lowest BCUT2D eigenvalue weighted by Gasteiger charge is -2.18. The van der Waals surface area contributed by atoms with E-state index in [2.05, 4.69) is 0 Å². The van der Waals surface area contributed by atoms with Gasteiger partial charge in [-0.3, -0.25) is 0 Å². The molecule has 0 heterocycles. The highest BCUT2D eigenvalue weighted by Gasteiger charge is 2.19. The first-order valence-electron chi connectivity index (χ1n) is 7.24. The van der Waals surface area contributed by atoms with Gasteiger partial charge in [0.15, 0.2) is 0 Å². The zero-order valence-corrected chi connectivity index (χ0v) is 13.4. The lowest BCUT2D eigenvalue weighted by molar-refractivity contribution is 0.134. The fourth-order valence-electron chi connectivity index (χ4n) is 2.34. The van der Waals surface area contributed by atoms with Crippen molar-refractivity contribution < 1.29 is 15.3 Å². The van der Waals surface area contributed by atoms with Crippen LogP contribution >= 0.6 is 0 Å². The molecule has 2 aromatic rings. The van der Waals surface area contributed by atoms with Gasteiger partial charge in [-0.15, -0.1) is 0 Å². The van der Waals surface area contributed by atoms with Gasteiger partial charge in [-0.2, -0.15) is 0 Å². The Hall–Kier alpha value is -2.26. The molecule has 0 aromatic heterocycles. The Morgan fingerprint density at radius 1 is 0.909 bits per heavy atom. The maximum absolute atomic E-state index is 10.6. The Kier molecular flexibility index (Phi) is 4.29. The van der Waals surface area contributed by atoms with Gasteiger partial charge in [-0.1, -0.05) is 42.5 Å². The van der Waals surface area contributed by atoms with Crippen molar-refractivity contribution in [1.29, 1.82) is 0 Å². The summed E-state index contributed by atoms with van der Waals surface area (Å²) in [5.41, 5.74) is 2.17. The summed E-state index contributed by atoms with van der Waals surface area (Å²) in [6.45, 7) is 6.86. The fraction of sp³-hybridized carbons (Fsp3) is 0.263. The van der Waals surface area contributed by atoms with Crippen LogP contribution in [0.1, 0.15) is 30.5 Å². The minimum atomic E-state index is -1.01. The van der Waals surface area contributed by atoms with Crippen LogP contribution < -0.4 is 0 Å². The average molecular weight is 298 g/mol. The first-order valence-corrected chi connectivity index (χ1v) is 7.24. The molecule has 3 nitrogen and oxygen atoms in total. The molecule has 0 saturated carbocycles. The van der Waals surface area contributed by atoms with E-state index in [1.165, 1.54) is 0 Å². The molecule has 0 aliphatic rings. The van der Waals surface area contributed by atoms with Crippen molar-refractivity contribution in [1.82, 2.24) is 0 Å². The number of rotatable bonds is 3. The van der Waals surface area contributed by atoms with Crippen LogP contribution in [0.15, 0.2) is 36.4 Å². The Balaban J connectivity index is 2.78. The van der Waals surface area contributed by atoms with Crippen LogP contribution in [0.3, 0.4) is 0 Å². The molecule has 0 radical (unpaired) electrons. The van der Waals surface area contributed by atoms with Crippen molar-refractivity contribution >= 4 is 6.08 Å². The lowest BCUT2D eigenvalue weighted by atomic mass is 9.91. The maximum Gasteiger partial charge on any atom is 0.127 e. The minimum Gasteiger partial charge on any atom is -0.507 e. The highest BCUT2D eigenvalue weighted by Crippen LogP contribution is 2.43. The number of benzene rings is 2. The van der Waals surface area contributed by atoms with Crippen LogP contribution in [0.2, 0.25) is 0 Å². The van der Waals surface area contributed by atoms with E-state index in [1.54, 1.807) is 39.8 Å². The molecular formula is C19H22O3. The SMILES string of the molecule is Cc1c(C)c(O)c(-c2ccccc2)c(C=CC(C)(C)O)c1O. The molecule has 0 fully saturated rings. The van der Waals surface area contributed by atoms with Crippen LogP contribution in [-0.4, -0.2) is 20.9 Å². The largest absolute Gasteiger partial charge is 0.507 e. The maximum atomic E-state index is 10.6. The summed E-state index contributed by atoms with van der Waals surface area (Å²) in [5.74, 6) is 0.270. The van der Waals surface area contributed by atoms with Crippen LogP contribution in [-0.2, 0) is 0 Å². The summed E-state index contributed by atoms with van der Waals surface area (Å²) >= 11 is 0. The van der Waals surface area contributed by atoms with E-state index < -0.39 is 5.60 Å². The molecule has 0 saturated heterocycles. The van der Waals surface area contributed by atoms with Gasteiger partial charge in [0.2, 0.25) is 0 Å². The molecule has 0 amide bonds. The van der Waals surface area contributed by atoms with Crippen molar-refractivity contribution in [3.63, 3.8) is 0 Å². The van der Waals surface area contributed by atoms with Gasteiger partial charge in [-0.05, 0) is 44.4 Å². The molecule has 0 aliphatic carbocycles. The monoisotopic (exact) mass is 298 g/mol. The van der Waals surface area contributed by atoms with E-state index in [0.717, 1.165) is 5.56 Å². The molecular weight excluding hydrogens is 276 g/mol. The molecule has 2 rings (SSSR count). The molecule has 0 aliphatic heterocycles. The molecule has 0 atom stereocenters. The first-order chi connectivity index (χ1) is 10.2. The Morgan fingerprint density at radius 2 is 1.45 bits per heavy atom. The van der Waals surface area contributed by atoms with E-state index in [1.807, 2.05) is 30.3 Å². The molecule has 3 N–H and O–H groups in total. The van der Waals surface area contributed by atoms with Crippen LogP contribution in [0.4, 0.5) is 0 Å². The standard InChI is InChI=1S/C19H22O3/c1-12-13(2)18(21)16(14-8-6-5-7-9-14)15(17(12)20)10-11-19(3,4)22/h5-11,20-22H,1-4H3. The number of aliphatic hydroxyl groups is 1. The fourth-order valence-corrected chi connectivity index (χ4v) is 2.34. The predicted molar refractivity (Wildman–Crippen MR) is 90.0 cm³/mol. The molecule has 0 spiro atoms. The third-order valence-electron chi connectivity index (χ3n) is 3.75. The number of hydrogen-bond donors (Lipinski definition) is 3. The second-order valence-corrected chi connectivity index (χ2v) is 6.09. The van der Waals surface area contributed by atoms with E-state index in [4.69, 9.17) is 0 Å². The minimum absolute atomic E-state index is 0.120. The third kappa shape index (κ3) is 3.15. The van der Waals surface area contributed by atoms with Gasteiger partial charge in [0.1, 0.15) is 11.5 Å². The second kappa shape index (κ2) is 5.85. The summed E-state index contributed by atoms with van der Waals surface area (Å²) in [6.07, 6.45) is 3.26. The predicted octanol–water partition coefficient (Wildman–Crippen LogP) is 4.17. The molecule has 116 valence electrons. The molecule has 22 heavy (non-hydrogen) atoms. The highest BCUT2D eigenvalue weighted by atomic mass is 16.3. The topological polar surface area (TPSA) is 60.7 Å². The quantitative estimate of drug-likeness (QED) is 0.745. The van der Waals surface area contributed by atoms with E-state index in [9.17, 15) is 15.3 Å². The van der Waals surface area contributed by atoms with Crippen molar-refractivity contribution in [2.75, 3.05) is 0 Å². The molecule has 0 bridgehead atoms. The van der Waals surface area contributed by atoms with Crippen molar-refractivity contribution in [2.45, 2.75) is 33.3 Å². The smallest absolute Gasteiger partial charge is 0.127 e. The van der Waals surface area contributed by atoms with Crippen molar-refractivity contribution in [3.8, 4) is 22.6 Å². The van der Waals surface area contributed by atoms with Gasteiger partial charge in [0.05, 0.1) is 5.60 Å². The Morgan fingerprint density at radius 3 is 2.00 bits per heavy atom. The Labute approximate surface area is 131 Å². The van der Waals surface area contributed by atoms with Gasteiger partial charge >= 0.3 is 0 Å². The number of aromatic hydroxyl groups is 2. The second-order valence-electron chi connectivity index (χ2n) is 6.09. The molecule has 0 unspecified atom stereocenters. The summed E-state index contributed by atoms with van der Waals surface area (Å²) in [4.78, 5) is 0. The number of phenolic OH excluding ortho intramolecular Hbond substituents is 2. The summed E-state index contributed by atoms with van der Waals surface area (Å²) in [7, 11) is 0. The van der Waals surface area contributed by atoms with Crippen molar-refractivity contribution in [3.05, 3.63) is 53.1 Å². The number of hydrogen-bond acceptors (Lipinski definition) is 3. The lowest BCUT2D eigenvalue weighted by Crippen LogP contribution is -2.13. The van der Waals surface area contributed by atoms with Gasteiger partial charge in [-0.25, -0.2) is 0 Å². The van der Waals surface area contributed by atoms with E-state index >= 15 is 0 Å². The number of phenols is 2. The van der Waals surface area contributed by atoms with Gasteiger partial charge in [0.25, 0.3) is 0 Å². The van der Waals surface area contributed by atoms with E-state index in [-0.39, 0.29) is 11.5 Å². The summed E-state index contributed by atoms with van der Waals surface area (Å²) in [5, 5.41) is 31.0. The van der Waals surface area contributed by atoms with Crippen LogP contribution in [0.25, 0.3) is 17.2 Å². The van der Waals surface area contributed by atoms with Crippen LogP contribution in [0, 0.1) is 13.8 Å². The molecule has 3 heteroatoms. The normalized spacial score (nSPS) is 12.0. The molecule has 2 aromatic carbocycles. The van der Waals surface area contributed by atoms with Gasteiger partial charge in [0, 0.05) is 11.1 Å². The van der Waals surface area contributed by atoms with Crippen molar-refractivity contribution in [2.24, 2.45) is 0 Å². The Bertz CT molecular complexity index is 708. The zero-order chi connectivity index (χ0) is 16.5. The van der Waals surface area contributed by atoms with Gasteiger partial charge < -0.3 is 15.3 Å². The van der Waals surface area contributed by atoms with Crippen LogP contribution in [0.5, 0.6) is 11.5 Å². The van der Waals surface area contributed by atoms with E-state index in [0.29, 0.717) is 22.3 Å². The zero-order valence-electron chi connectivity index (χ0n) is 13.4. The highest BCUT2D eigenvalue weighted by molar-refractivity contribution is 5.85.